The van der Waals surface area contributed by atoms with Crippen LogP contribution in [0.5, 0.6) is 6.01 Å². The van der Waals surface area contributed by atoms with Gasteiger partial charge < -0.3 is 4.74 Å². The molecule has 1 heterocycles. The van der Waals surface area contributed by atoms with Crippen molar-refractivity contribution in [3.8, 4) is 17.4 Å². The van der Waals surface area contributed by atoms with Gasteiger partial charge in [-0.05, 0) is 12.8 Å². The molecule has 118 valence electrons. The molecule has 5 nitrogen and oxygen atoms in total. The zero-order chi connectivity index (χ0) is 15.8. The maximum atomic E-state index is 12.3. The van der Waals surface area contributed by atoms with Gasteiger partial charge in [-0.15, -0.1) is 16.7 Å². The van der Waals surface area contributed by atoms with Crippen LogP contribution < -0.4 is 4.74 Å². The minimum atomic E-state index is -0.127. The average molecular weight is 322 g/mol. The fourth-order valence-corrected chi connectivity index (χ4v) is 2.07. The van der Waals surface area contributed by atoms with Gasteiger partial charge in [-0.3, -0.25) is 4.79 Å². The highest BCUT2D eigenvalue weighted by Gasteiger charge is 2.18. The van der Waals surface area contributed by atoms with E-state index in [0.717, 1.165) is 18.4 Å². The van der Waals surface area contributed by atoms with Crippen molar-refractivity contribution in [3.63, 3.8) is 0 Å². The molecule has 6 heteroatoms. The minimum Gasteiger partial charge on any atom is -0.462 e. The first kappa shape index (κ1) is 16.5. The van der Waals surface area contributed by atoms with Crippen LogP contribution in [-0.4, -0.2) is 33.2 Å². The van der Waals surface area contributed by atoms with Crippen molar-refractivity contribution in [2.75, 3.05) is 12.5 Å². The Hall–Kier alpha value is -1.88. The van der Waals surface area contributed by atoms with Crippen molar-refractivity contribution in [2.24, 2.45) is 0 Å². The van der Waals surface area contributed by atoms with Crippen LogP contribution >= 0.6 is 11.6 Å². The van der Waals surface area contributed by atoms with Crippen LogP contribution in [0, 0.1) is 0 Å². The van der Waals surface area contributed by atoms with E-state index in [0.29, 0.717) is 31.2 Å². The highest BCUT2D eigenvalue weighted by atomic mass is 35.5. The Morgan fingerprint density at radius 1 is 1.27 bits per heavy atom. The summed E-state index contributed by atoms with van der Waals surface area (Å²) in [5.41, 5.74) is 0.833. The van der Waals surface area contributed by atoms with Crippen LogP contribution in [0.25, 0.3) is 11.4 Å². The van der Waals surface area contributed by atoms with Crippen LogP contribution in [0.4, 0.5) is 0 Å². The number of hydrogen-bond donors (Lipinski definition) is 0. The third kappa shape index (κ3) is 4.31. The summed E-state index contributed by atoms with van der Waals surface area (Å²) in [6.45, 7) is 2.63. The van der Waals surface area contributed by atoms with Crippen LogP contribution in [0.2, 0.25) is 0 Å². The van der Waals surface area contributed by atoms with Crippen molar-refractivity contribution in [3.05, 3.63) is 30.3 Å². The molecule has 0 saturated carbocycles. The lowest BCUT2D eigenvalue weighted by Gasteiger charge is -2.03. The fraction of sp³-hybridized carbons (Fsp3) is 0.438. The first-order valence-electron chi connectivity index (χ1n) is 7.50. The zero-order valence-corrected chi connectivity index (χ0v) is 13.4. The molecule has 0 aliphatic carbocycles. The zero-order valence-electron chi connectivity index (χ0n) is 12.7. The van der Waals surface area contributed by atoms with Crippen molar-refractivity contribution >= 4 is 17.5 Å². The van der Waals surface area contributed by atoms with Gasteiger partial charge in [0.15, 0.2) is 5.82 Å². The summed E-state index contributed by atoms with van der Waals surface area (Å²) < 4.78 is 6.85. The summed E-state index contributed by atoms with van der Waals surface area (Å²) in [5.74, 6) is 0.824. The number of ether oxygens (including phenoxy) is 1. The largest absolute Gasteiger partial charge is 0.462 e. The standard InChI is InChI=1S/C16H20ClN3O2/c1-2-3-12-22-16-18-15(13-8-5-4-6-9-13)20(19-16)14(21)10-7-11-17/h4-6,8-9H,2-3,7,10-12H2,1H3. The van der Waals surface area contributed by atoms with E-state index in [2.05, 4.69) is 17.0 Å². The first-order valence-corrected chi connectivity index (χ1v) is 8.04. The van der Waals surface area contributed by atoms with Crippen molar-refractivity contribution in [1.29, 1.82) is 0 Å². The molecule has 0 amide bonds. The number of aromatic nitrogens is 3. The summed E-state index contributed by atoms with van der Waals surface area (Å²) >= 11 is 5.66. The van der Waals surface area contributed by atoms with E-state index in [9.17, 15) is 4.79 Å². The molecule has 0 saturated heterocycles. The van der Waals surface area contributed by atoms with E-state index >= 15 is 0 Å². The van der Waals surface area contributed by atoms with Gasteiger partial charge in [0.05, 0.1) is 6.61 Å². The summed E-state index contributed by atoms with van der Waals surface area (Å²) in [6, 6.07) is 9.74. The number of rotatable bonds is 8. The number of alkyl halides is 1. The quantitative estimate of drug-likeness (QED) is 0.548. The van der Waals surface area contributed by atoms with Gasteiger partial charge in [0.1, 0.15) is 0 Å². The third-order valence-electron chi connectivity index (χ3n) is 3.11. The molecule has 0 bridgehead atoms. The number of hydrogen-bond acceptors (Lipinski definition) is 4. The Balaban J connectivity index is 2.26. The summed E-state index contributed by atoms with van der Waals surface area (Å²) in [4.78, 5) is 16.6. The molecular weight excluding hydrogens is 302 g/mol. The van der Waals surface area contributed by atoms with E-state index in [4.69, 9.17) is 16.3 Å². The van der Waals surface area contributed by atoms with E-state index < -0.39 is 0 Å². The predicted molar refractivity (Wildman–Crippen MR) is 86.4 cm³/mol. The lowest BCUT2D eigenvalue weighted by atomic mass is 10.2. The lowest BCUT2D eigenvalue weighted by Crippen LogP contribution is -2.14. The Morgan fingerprint density at radius 3 is 2.73 bits per heavy atom. The number of nitrogens with zero attached hydrogens (tertiary/aromatic N) is 3. The highest BCUT2D eigenvalue weighted by Crippen LogP contribution is 2.20. The van der Waals surface area contributed by atoms with Crippen LogP contribution in [0.3, 0.4) is 0 Å². The number of carbonyl (C=O) groups excluding carboxylic acids is 1. The first-order chi connectivity index (χ1) is 10.8. The average Bonchev–Trinajstić information content (AvgIpc) is 2.98. The molecule has 0 atom stereocenters. The molecular formula is C16H20ClN3O2. The molecule has 0 fully saturated rings. The molecule has 0 aliphatic rings. The summed E-state index contributed by atoms with van der Waals surface area (Å²) in [5, 5.41) is 4.20. The van der Waals surface area contributed by atoms with E-state index in [-0.39, 0.29) is 11.9 Å². The number of halogens is 1. The third-order valence-corrected chi connectivity index (χ3v) is 3.38. The molecule has 0 N–H and O–H groups in total. The topological polar surface area (TPSA) is 57.0 Å². The number of carbonyl (C=O) groups is 1. The van der Waals surface area contributed by atoms with Gasteiger partial charge in [0.25, 0.3) is 0 Å². The maximum absolute atomic E-state index is 12.3. The smallest absolute Gasteiger partial charge is 0.336 e. The van der Waals surface area contributed by atoms with Gasteiger partial charge in [0.2, 0.25) is 5.91 Å². The van der Waals surface area contributed by atoms with Gasteiger partial charge in [-0.25, -0.2) is 0 Å². The Bertz CT molecular complexity index is 599. The van der Waals surface area contributed by atoms with E-state index in [1.165, 1.54) is 4.68 Å². The molecule has 2 aromatic rings. The normalized spacial score (nSPS) is 10.6. The Morgan fingerprint density at radius 2 is 2.05 bits per heavy atom. The second-order valence-electron chi connectivity index (χ2n) is 4.88. The maximum Gasteiger partial charge on any atom is 0.336 e. The van der Waals surface area contributed by atoms with E-state index in [1.807, 2.05) is 30.3 Å². The number of benzene rings is 1. The molecule has 22 heavy (non-hydrogen) atoms. The second-order valence-corrected chi connectivity index (χ2v) is 5.26. The Kier molecular flexibility index (Phi) is 6.40. The fourth-order valence-electron chi connectivity index (χ4n) is 1.93. The van der Waals surface area contributed by atoms with E-state index in [1.54, 1.807) is 0 Å². The van der Waals surface area contributed by atoms with Crippen molar-refractivity contribution < 1.29 is 9.53 Å². The molecule has 1 aromatic carbocycles. The summed E-state index contributed by atoms with van der Waals surface area (Å²) in [6.07, 6.45) is 2.90. The lowest BCUT2D eigenvalue weighted by molar-refractivity contribution is 0.0886. The van der Waals surface area contributed by atoms with Gasteiger partial charge >= 0.3 is 6.01 Å². The molecule has 2 rings (SSSR count). The van der Waals surface area contributed by atoms with Gasteiger partial charge in [-0.1, -0.05) is 43.7 Å². The van der Waals surface area contributed by atoms with Crippen LogP contribution in [-0.2, 0) is 0 Å². The minimum absolute atomic E-state index is 0.127. The van der Waals surface area contributed by atoms with Gasteiger partial charge in [0, 0.05) is 17.9 Å². The van der Waals surface area contributed by atoms with Crippen LogP contribution in [0.15, 0.2) is 30.3 Å². The molecule has 1 aromatic heterocycles. The number of unbranched alkanes of at least 4 members (excludes halogenated alkanes) is 1. The monoisotopic (exact) mass is 321 g/mol. The second kappa shape index (κ2) is 8.54. The van der Waals surface area contributed by atoms with Gasteiger partial charge in [-0.2, -0.15) is 9.67 Å². The molecule has 0 aliphatic heterocycles. The highest BCUT2D eigenvalue weighted by molar-refractivity contribution is 6.17. The molecule has 0 radical (unpaired) electrons. The van der Waals surface area contributed by atoms with Crippen molar-refractivity contribution in [2.45, 2.75) is 32.6 Å². The SMILES string of the molecule is CCCCOc1nc(-c2ccccc2)n(C(=O)CCCCl)n1. The summed E-state index contributed by atoms with van der Waals surface area (Å²) in [7, 11) is 0. The Labute approximate surface area is 135 Å². The molecule has 0 spiro atoms. The van der Waals surface area contributed by atoms with Crippen LogP contribution in [0.1, 0.15) is 37.4 Å². The predicted octanol–water partition coefficient (Wildman–Crippen LogP) is 3.78. The van der Waals surface area contributed by atoms with Crippen molar-refractivity contribution in [1.82, 2.24) is 14.8 Å². The molecule has 0 unspecified atom stereocenters.